The molecule has 7 nitrogen and oxygen atoms in total. The number of nitrogens with one attached hydrogen (secondary N) is 2. The van der Waals surface area contributed by atoms with Crippen LogP contribution in [0.2, 0.25) is 0 Å². The van der Waals surface area contributed by atoms with Gasteiger partial charge in [-0.05, 0) is 0 Å². The molecule has 2 N–H and O–H groups in total. The van der Waals surface area contributed by atoms with Crippen LogP contribution in [-0.2, 0) is 21.3 Å². The van der Waals surface area contributed by atoms with Crippen LogP contribution in [0.4, 0.5) is 13.2 Å². The van der Waals surface area contributed by atoms with Crippen LogP contribution in [0.15, 0.2) is 17.3 Å². The van der Waals surface area contributed by atoms with Crippen molar-refractivity contribution in [3.8, 4) is 0 Å². The Bertz CT molecular complexity index is 536. The molecule has 0 aliphatic carbocycles. The molecule has 1 rings (SSSR count). The van der Waals surface area contributed by atoms with Gasteiger partial charge in [-0.3, -0.25) is 4.68 Å². The first kappa shape index (κ1) is 21.1. The maximum absolute atomic E-state index is 12.2. The van der Waals surface area contributed by atoms with Crippen molar-refractivity contribution >= 4 is 22.4 Å². The highest BCUT2D eigenvalue weighted by Gasteiger charge is 2.29. The average molecular weight is 367 g/mol. The number of nitrogens with zero attached hydrogens (tertiary/aromatic N) is 2. The van der Waals surface area contributed by atoms with Crippen molar-refractivity contribution < 1.29 is 26.3 Å². The monoisotopic (exact) mass is 366 g/mol. The zero-order chi connectivity index (χ0) is 15.9. The molecule has 22 heavy (non-hydrogen) atoms. The molecule has 0 aliphatic heterocycles. The Morgan fingerprint density at radius 1 is 1.32 bits per heavy atom. The number of methoxy groups -OCH3 is 1. The standard InChI is InChI=1S/C10H17F3N4O3S.ClH/c1-20-5-4-14-2-3-16-21(18,19)9-6-15-17(7-9)8-10(11,12)13;/h6-7,14,16H,2-5,8H2,1H3;1H. The number of halogens is 4. The van der Waals surface area contributed by atoms with E-state index < -0.39 is 22.7 Å². The first-order valence-electron chi connectivity index (χ1n) is 6.03. The summed E-state index contributed by atoms with van der Waals surface area (Å²) < 4.78 is 67.7. The van der Waals surface area contributed by atoms with Crippen LogP contribution in [0, 0.1) is 0 Å². The summed E-state index contributed by atoms with van der Waals surface area (Å²) >= 11 is 0. The molecule has 0 aromatic carbocycles. The van der Waals surface area contributed by atoms with E-state index in [0.717, 1.165) is 12.4 Å². The number of aromatic nitrogens is 2. The third-order valence-electron chi connectivity index (χ3n) is 2.34. The number of rotatable bonds is 9. The van der Waals surface area contributed by atoms with Gasteiger partial charge in [-0.15, -0.1) is 12.4 Å². The van der Waals surface area contributed by atoms with Crippen molar-refractivity contribution in [1.29, 1.82) is 0 Å². The van der Waals surface area contributed by atoms with Crippen molar-refractivity contribution in [1.82, 2.24) is 19.8 Å². The Labute approximate surface area is 132 Å². The van der Waals surface area contributed by atoms with Crippen molar-refractivity contribution in [2.45, 2.75) is 17.6 Å². The van der Waals surface area contributed by atoms with Gasteiger partial charge in [0, 0.05) is 32.9 Å². The van der Waals surface area contributed by atoms with E-state index in [9.17, 15) is 21.6 Å². The fraction of sp³-hybridized carbons (Fsp3) is 0.700. The minimum atomic E-state index is -4.45. The van der Waals surface area contributed by atoms with Gasteiger partial charge >= 0.3 is 6.18 Å². The lowest BCUT2D eigenvalue weighted by Crippen LogP contribution is -2.33. The van der Waals surface area contributed by atoms with Gasteiger partial charge in [0.25, 0.3) is 0 Å². The van der Waals surface area contributed by atoms with E-state index in [-0.39, 0.29) is 23.8 Å². The molecule has 1 aromatic rings. The van der Waals surface area contributed by atoms with Crippen molar-refractivity contribution in [2.24, 2.45) is 0 Å². The summed E-state index contributed by atoms with van der Waals surface area (Å²) in [6.45, 7) is 0.218. The van der Waals surface area contributed by atoms with Gasteiger partial charge in [0.2, 0.25) is 10.0 Å². The quantitative estimate of drug-likeness (QED) is 0.617. The number of sulfonamides is 1. The number of hydrogen-bond acceptors (Lipinski definition) is 5. The molecule has 1 heterocycles. The molecule has 130 valence electrons. The zero-order valence-electron chi connectivity index (χ0n) is 11.8. The van der Waals surface area contributed by atoms with Crippen LogP contribution < -0.4 is 10.0 Å². The summed E-state index contributed by atoms with van der Waals surface area (Å²) in [5.74, 6) is 0. The van der Waals surface area contributed by atoms with Crippen molar-refractivity contribution in [3.63, 3.8) is 0 Å². The first-order valence-corrected chi connectivity index (χ1v) is 7.51. The molecule has 0 saturated heterocycles. The van der Waals surface area contributed by atoms with Crippen LogP contribution in [-0.4, -0.2) is 57.7 Å². The lowest BCUT2D eigenvalue weighted by molar-refractivity contribution is -0.142. The lowest BCUT2D eigenvalue weighted by atomic mass is 10.6. The van der Waals surface area contributed by atoms with Crippen LogP contribution in [0.5, 0.6) is 0 Å². The molecule has 0 aliphatic rings. The molecule has 0 radical (unpaired) electrons. The molecule has 0 amide bonds. The SMILES string of the molecule is COCCNCCNS(=O)(=O)c1cnn(CC(F)(F)F)c1.Cl. The van der Waals surface area contributed by atoms with Gasteiger partial charge in [-0.1, -0.05) is 0 Å². The summed E-state index contributed by atoms with van der Waals surface area (Å²) in [5, 5.41) is 6.31. The fourth-order valence-corrected chi connectivity index (χ4v) is 2.39. The van der Waals surface area contributed by atoms with Crippen LogP contribution in [0.1, 0.15) is 0 Å². The minimum absolute atomic E-state index is 0. The second kappa shape index (κ2) is 9.30. The first-order chi connectivity index (χ1) is 9.74. The average Bonchev–Trinajstić information content (AvgIpc) is 2.80. The summed E-state index contributed by atoms with van der Waals surface area (Å²) in [5.41, 5.74) is 0. The largest absolute Gasteiger partial charge is 0.408 e. The van der Waals surface area contributed by atoms with Gasteiger partial charge in [0.15, 0.2) is 0 Å². The predicted octanol–water partition coefficient (Wildman–Crippen LogP) is 0.381. The molecule has 0 bridgehead atoms. The Morgan fingerprint density at radius 2 is 2.00 bits per heavy atom. The zero-order valence-corrected chi connectivity index (χ0v) is 13.4. The molecule has 0 spiro atoms. The summed E-state index contributed by atoms with van der Waals surface area (Å²) in [4.78, 5) is -0.302. The topological polar surface area (TPSA) is 85.2 Å². The van der Waals surface area contributed by atoms with Gasteiger partial charge in [0.05, 0.1) is 12.8 Å². The third-order valence-corrected chi connectivity index (χ3v) is 3.75. The maximum atomic E-state index is 12.2. The lowest BCUT2D eigenvalue weighted by Gasteiger charge is -2.06. The Balaban J connectivity index is 0.00000441. The van der Waals surface area contributed by atoms with Crippen LogP contribution in [0.25, 0.3) is 0 Å². The predicted molar refractivity (Wildman–Crippen MR) is 75.5 cm³/mol. The molecular weight excluding hydrogens is 349 g/mol. The van der Waals surface area contributed by atoms with E-state index in [1.165, 1.54) is 0 Å². The van der Waals surface area contributed by atoms with Crippen molar-refractivity contribution in [2.75, 3.05) is 33.4 Å². The molecule has 1 aromatic heterocycles. The van der Waals surface area contributed by atoms with Gasteiger partial charge in [-0.25, -0.2) is 13.1 Å². The molecular formula is C10H18ClF3N4O3S. The normalized spacial score (nSPS) is 12.2. The van der Waals surface area contributed by atoms with Gasteiger partial charge in [0.1, 0.15) is 11.4 Å². The van der Waals surface area contributed by atoms with E-state index in [0.29, 0.717) is 24.4 Å². The third kappa shape index (κ3) is 7.94. The molecule has 0 atom stereocenters. The van der Waals surface area contributed by atoms with Gasteiger partial charge in [-0.2, -0.15) is 18.3 Å². The van der Waals surface area contributed by atoms with Crippen LogP contribution in [0.3, 0.4) is 0 Å². The molecule has 0 saturated carbocycles. The maximum Gasteiger partial charge on any atom is 0.408 e. The molecule has 0 unspecified atom stereocenters. The van der Waals surface area contributed by atoms with Gasteiger partial charge < -0.3 is 10.1 Å². The van der Waals surface area contributed by atoms with E-state index in [1.54, 1.807) is 7.11 Å². The Hall–Kier alpha value is -0.880. The van der Waals surface area contributed by atoms with E-state index in [2.05, 4.69) is 15.1 Å². The Morgan fingerprint density at radius 3 is 2.59 bits per heavy atom. The van der Waals surface area contributed by atoms with E-state index in [1.807, 2.05) is 0 Å². The summed E-state index contributed by atoms with van der Waals surface area (Å²) in [7, 11) is -2.32. The summed E-state index contributed by atoms with van der Waals surface area (Å²) in [6, 6.07) is 0. The summed E-state index contributed by atoms with van der Waals surface area (Å²) in [6.07, 6.45) is -2.73. The fourth-order valence-electron chi connectivity index (χ4n) is 1.41. The number of ether oxygens (including phenoxy) is 1. The van der Waals surface area contributed by atoms with E-state index in [4.69, 9.17) is 4.74 Å². The van der Waals surface area contributed by atoms with Crippen molar-refractivity contribution in [3.05, 3.63) is 12.4 Å². The molecule has 12 heteroatoms. The number of hydrogen-bond donors (Lipinski definition) is 2. The van der Waals surface area contributed by atoms with E-state index >= 15 is 0 Å². The highest BCUT2D eigenvalue weighted by molar-refractivity contribution is 7.89. The second-order valence-electron chi connectivity index (χ2n) is 4.13. The Kier molecular flexibility index (Phi) is 8.93. The minimum Gasteiger partial charge on any atom is -0.383 e. The molecule has 0 fully saturated rings. The highest BCUT2D eigenvalue weighted by Crippen LogP contribution is 2.17. The smallest absolute Gasteiger partial charge is 0.383 e. The highest BCUT2D eigenvalue weighted by atomic mass is 35.5. The van der Waals surface area contributed by atoms with Crippen LogP contribution >= 0.6 is 12.4 Å². The second-order valence-corrected chi connectivity index (χ2v) is 5.90. The number of alkyl halides is 3.